The van der Waals surface area contributed by atoms with E-state index in [1.807, 2.05) is 6.08 Å². The maximum atomic E-state index is 10.7. The monoisotopic (exact) mass is 424 g/mol. The number of carbonyl (C=O) groups is 1. The summed E-state index contributed by atoms with van der Waals surface area (Å²) in [6.07, 6.45) is 16.8. The summed E-state index contributed by atoms with van der Waals surface area (Å²) in [6, 6.07) is 0. The van der Waals surface area contributed by atoms with Crippen LogP contribution in [0.25, 0.3) is 0 Å². The lowest BCUT2D eigenvalue weighted by atomic mass is 9.75. The van der Waals surface area contributed by atoms with E-state index in [2.05, 4.69) is 26.8 Å². The molecule has 2 aliphatic heterocycles. The summed E-state index contributed by atoms with van der Waals surface area (Å²) in [5.74, 6) is 1.97. The topological polar surface area (TPSA) is 66.8 Å². The third-order valence-corrected chi connectivity index (χ3v) is 7.53. The van der Waals surface area contributed by atoms with Gasteiger partial charge in [-0.05, 0) is 49.2 Å². The van der Waals surface area contributed by atoms with Crippen molar-refractivity contribution in [1.29, 1.82) is 0 Å². The molecule has 1 unspecified atom stereocenters. The zero-order valence-corrected chi connectivity index (χ0v) is 19.2. The van der Waals surface area contributed by atoms with Gasteiger partial charge in [-0.3, -0.25) is 0 Å². The van der Waals surface area contributed by atoms with Crippen molar-refractivity contribution in [1.82, 2.24) is 0 Å². The van der Waals surface area contributed by atoms with Gasteiger partial charge in [0.2, 0.25) is 0 Å². The highest BCUT2D eigenvalue weighted by Gasteiger charge is 2.47. The van der Waals surface area contributed by atoms with Crippen molar-refractivity contribution in [3.8, 4) is 0 Å². The Hall–Kier alpha value is -0.780. The predicted molar refractivity (Wildman–Crippen MR) is 121 cm³/mol. The molecule has 5 atom stereocenters. The normalized spacial score (nSPS) is 28.0. The van der Waals surface area contributed by atoms with Gasteiger partial charge in [0, 0.05) is 17.7 Å². The van der Waals surface area contributed by atoms with E-state index in [1.165, 1.54) is 25.3 Å². The molecule has 29 heavy (non-hydrogen) atoms. The van der Waals surface area contributed by atoms with Gasteiger partial charge in [0.25, 0.3) is 0 Å². The van der Waals surface area contributed by atoms with Crippen molar-refractivity contribution in [2.45, 2.75) is 90.4 Å². The fourth-order valence-electron chi connectivity index (χ4n) is 4.61. The van der Waals surface area contributed by atoms with Gasteiger partial charge in [-0.15, -0.1) is 0 Å². The second-order valence-electron chi connectivity index (χ2n) is 9.26. The second-order valence-corrected chi connectivity index (χ2v) is 10.4. The number of aliphatic hydroxyl groups is 1. The first-order valence-electron chi connectivity index (χ1n) is 11.3. The smallest absolute Gasteiger partial charge is 0.328 e. The van der Waals surface area contributed by atoms with Crippen LogP contribution in [0.3, 0.4) is 0 Å². The standard InChI is InChI=1S/C24H40O4S/c1-4-5-15-24(2,3)22(25)14-11-19-18(20-12-13-21(19)28-20)9-6-7-16-29-17-8-10-23(26)27/h8,10-11,14,18-22,25H,4-7,9,12-13,15-17H2,1-3H3,(H,26,27)/b10-8?,14-11+/t18-,19+,20-,21+,22?/m1/s1. The maximum Gasteiger partial charge on any atom is 0.328 e. The zero-order valence-electron chi connectivity index (χ0n) is 18.4. The molecule has 4 nitrogen and oxygen atoms in total. The van der Waals surface area contributed by atoms with Crippen LogP contribution in [0.2, 0.25) is 0 Å². The summed E-state index contributed by atoms with van der Waals surface area (Å²) in [4.78, 5) is 10.4. The van der Waals surface area contributed by atoms with E-state index < -0.39 is 12.1 Å². The molecule has 0 aromatic heterocycles. The minimum absolute atomic E-state index is 0.0766. The summed E-state index contributed by atoms with van der Waals surface area (Å²) >= 11 is 1.79. The first-order valence-corrected chi connectivity index (χ1v) is 12.5. The molecule has 0 aliphatic carbocycles. The Balaban J connectivity index is 1.76. The average Bonchev–Trinajstić information content (AvgIpc) is 3.28. The number of aliphatic hydroxyl groups excluding tert-OH is 1. The third kappa shape index (κ3) is 7.76. The summed E-state index contributed by atoms with van der Waals surface area (Å²) in [7, 11) is 0. The summed E-state index contributed by atoms with van der Waals surface area (Å²) in [5, 5.41) is 19.3. The highest BCUT2D eigenvalue weighted by molar-refractivity contribution is 7.99. The number of carboxylic acids is 1. The lowest BCUT2D eigenvalue weighted by Crippen LogP contribution is -2.29. The van der Waals surface area contributed by atoms with Gasteiger partial charge in [-0.25, -0.2) is 4.79 Å². The first-order chi connectivity index (χ1) is 13.8. The number of thioether (sulfide) groups is 1. The van der Waals surface area contributed by atoms with Crippen molar-refractivity contribution >= 4 is 17.7 Å². The molecule has 0 aromatic carbocycles. The molecule has 0 saturated carbocycles. The fraction of sp³-hybridized carbons (Fsp3) is 0.792. The minimum atomic E-state index is -0.875. The van der Waals surface area contributed by atoms with E-state index in [9.17, 15) is 9.90 Å². The Morgan fingerprint density at radius 2 is 2.00 bits per heavy atom. The number of hydrogen-bond donors (Lipinski definition) is 2. The maximum absolute atomic E-state index is 10.7. The van der Waals surface area contributed by atoms with E-state index in [0.29, 0.717) is 24.0 Å². The number of unbranched alkanes of at least 4 members (excludes halogenated alkanes) is 2. The molecule has 2 rings (SSSR count). The first kappa shape index (κ1) is 24.5. The number of fused-ring (bicyclic) bond motifs is 2. The number of hydrogen-bond acceptors (Lipinski definition) is 4. The number of carboxylic acid groups (broad SMARTS) is 1. The molecule has 2 fully saturated rings. The van der Waals surface area contributed by atoms with Crippen LogP contribution >= 0.6 is 11.8 Å². The Kier molecular flexibility index (Phi) is 10.3. The van der Waals surface area contributed by atoms with E-state index in [-0.39, 0.29) is 5.41 Å². The molecule has 2 saturated heterocycles. The quantitative estimate of drug-likeness (QED) is 0.220. The summed E-state index contributed by atoms with van der Waals surface area (Å²) in [5.41, 5.74) is -0.0766. The van der Waals surface area contributed by atoms with Gasteiger partial charge in [-0.1, -0.05) is 58.3 Å². The number of aliphatic carboxylic acids is 1. The summed E-state index contributed by atoms with van der Waals surface area (Å²) in [6.45, 7) is 6.52. The molecule has 2 aliphatic rings. The molecule has 166 valence electrons. The van der Waals surface area contributed by atoms with Gasteiger partial charge in [-0.2, -0.15) is 11.8 Å². The molecule has 0 spiro atoms. The number of ether oxygens (including phenoxy) is 1. The van der Waals surface area contributed by atoms with Crippen LogP contribution in [0.1, 0.15) is 72.1 Å². The van der Waals surface area contributed by atoms with Gasteiger partial charge in [0.05, 0.1) is 18.3 Å². The van der Waals surface area contributed by atoms with Gasteiger partial charge < -0.3 is 14.9 Å². The van der Waals surface area contributed by atoms with Crippen molar-refractivity contribution < 1.29 is 19.7 Å². The molecule has 0 radical (unpaired) electrons. The van der Waals surface area contributed by atoms with Gasteiger partial charge >= 0.3 is 5.97 Å². The van der Waals surface area contributed by atoms with Crippen LogP contribution < -0.4 is 0 Å². The fourth-order valence-corrected chi connectivity index (χ4v) is 5.42. The van der Waals surface area contributed by atoms with E-state index >= 15 is 0 Å². The highest BCUT2D eigenvalue weighted by atomic mass is 32.2. The van der Waals surface area contributed by atoms with Crippen LogP contribution in [0.5, 0.6) is 0 Å². The van der Waals surface area contributed by atoms with Gasteiger partial charge in [0.1, 0.15) is 0 Å². The third-order valence-electron chi connectivity index (χ3n) is 6.53. The average molecular weight is 425 g/mol. The van der Waals surface area contributed by atoms with Crippen molar-refractivity contribution in [2.75, 3.05) is 11.5 Å². The molecule has 5 heteroatoms. The predicted octanol–water partition coefficient (Wildman–Crippen LogP) is 5.46. The molecule has 0 aromatic rings. The number of rotatable bonds is 14. The van der Waals surface area contributed by atoms with E-state index in [1.54, 1.807) is 17.8 Å². The van der Waals surface area contributed by atoms with Crippen LogP contribution in [0.4, 0.5) is 0 Å². The molecular weight excluding hydrogens is 384 g/mol. The highest BCUT2D eigenvalue weighted by Crippen LogP contribution is 2.46. The minimum Gasteiger partial charge on any atom is -0.478 e. The molecule has 0 amide bonds. The Morgan fingerprint density at radius 1 is 1.24 bits per heavy atom. The van der Waals surface area contributed by atoms with Crippen LogP contribution in [0, 0.1) is 17.3 Å². The molecular formula is C24H40O4S. The Morgan fingerprint density at radius 3 is 2.72 bits per heavy atom. The van der Waals surface area contributed by atoms with Crippen molar-refractivity contribution in [2.24, 2.45) is 17.3 Å². The van der Waals surface area contributed by atoms with Crippen molar-refractivity contribution in [3.63, 3.8) is 0 Å². The lowest BCUT2D eigenvalue weighted by molar-refractivity contribution is -0.131. The van der Waals surface area contributed by atoms with E-state index in [4.69, 9.17) is 9.84 Å². The molecule has 2 N–H and O–H groups in total. The van der Waals surface area contributed by atoms with Crippen LogP contribution in [0.15, 0.2) is 24.3 Å². The Bertz CT molecular complexity index is 557. The lowest BCUT2D eigenvalue weighted by Gasteiger charge is -2.30. The molecule has 2 heterocycles. The van der Waals surface area contributed by atoms with E-state index in [0.717, 1.165) is 43.6 Å². The molecule has 2 bridgehead atoms. The zero-order chi connectivity index (χ0) is 21.3. The van der Waals surface area contributed by atoms with Crippen molar-refractivity contribution in [3.05, 3.63) is 24.3 Å². The van der Waals surface area contributed by atoms with Crippen LogP contribution in [-0.4, -0.2) is 46.0 Å². The largest absolute Gasteiger partial charge is 0.478 e. The van der Waals surface area contributed by atoms with Crippen LogP contribution in [-0.2, 0) is 9.53 Å². The van der Waals surface area contributed by atoms with Gasteiger partial charge in [0.15, 0.2) is 0 Å². The summed E-state index contributed by atoms with van der Waals surface area (Å²) < 4.78 is 6.21. The second kappa shape index (κ2) is 12.2. The SMILES string of the molecule is CCCCC(C)(C)C(O)/C=C/[C@H]1[C@@H](CCCCSCC=CC(=O)O)[C@H]2CC[C@@H]1O2. The Labute approximate surface area is 181 Å².